The van der Waals surface area contributed by atoms with Crippen LogP contribution in [0, 0.1) is 3.57 Å². The molecule has 2 aromatic rings. The van der Waals surface area contributed by atoms with Crippen molar-refractivity contribution in [2.45, 2.75) is 6.92 Å². The van der Waals surface area contributed by atoms with E-state index in [1.807, 2.05) is 25.1 Å². The fraction of sp³-hybridized carbons (Fsp3) is 0.176. The van der Waals surface area contributed by atoms with Crippen LogP contribution in [0.5, 0.6) is 5.75 Å². The van der Waals surface area contributed by atoms with E-state index in [0.29, 0.717) is 23.5 Å². The summed E-state index contributed by atoms with van der Waals surface area (Å²) in [5, 5.41) is 5.47. The number of rotatable bonds is 6. The minimum atomic E-state index is -0.190. The molecule has 0 spiro atoms. The highest BCUT2D eigenvalue weighted by Gasteiger charge is 2.07. The number of nitrogens with one attached hydrogen (secondary N) is 2. The normalized spacial score (nSPS) is 10.0. The first kappa shape index (κ1) is 17.3. The molecule has 2 aromatic carbocycles. The number of halogens is 1. The number of amides is 2. The van der Waals surface area contributed by atoms with Crippen molar-refractivity contribution in [3.63, 3.8) is 0 Å². The first-order chi connectivity index (χ1) is 11.1. The maximum atomic E-state index is 12.2. The Kier molecular flexibility index (Phi) is 6.40. The minimum Gasteiger partial charge on any atom is -0.484 e. The van der Waals surface area contributed by atoms with E-state index >= 15 is 0 Å². The number of ether oxygens (including phenoxy) is 1. The molecule has 0 aliphatic heterocycles. The average molecular weight is 424 g/mol. The first-order valence-electron chi connectivity index (χ1n) is 7.15. The van der Waals surface area contributed by atoms with E-state index in [4.69, 9.17) is 4.74 Å². The molecule has 23 heavy (non-hydrogen) atoms. The molecule has 120 valence electrons. The van der Waals surface area contributed by atoms with Gasteiger partial charge in [-0.05, 0) is 59.8 Å². The van der Waals surface area contributed by atoms with Crippen LogP contribution in [0.1, 0.15) is 17.3 Å². The van der Waals surface area contributed by atoms with Gasteiger partial charge in [-0.1, -0.05) is 12.1 Å². The third-order valence-electron chi connectivity index (χ3n) is 2.92. The number of carbonyl (C=O) groups is 2. The Morgan fingerprint density at radius 1 is 1.13 bits per heavy atom. The Labute approximate surface area is 148 Å². The molecule has 0 fully saturated rings. The van der Waals surface area contributed by atoms with Crippen LogP contribution in [0.4, 0.5) is 5.69 Å². The first-order valence-corrected chi connectivity index (χ1v) is 8.23. The number of hydrogen-bond acceptors (Lipinski definition) is 3. The topological polar surface area (TPSA) is 67.4 Å². The van der Waals surface area contributed by atoms with E-state index in [9.17, 15) is 9.59 Å². The molecular weight excluding hydrogens is 407 g/mol. The molecule has 0 saturated carbocycles. The number of anilines is 1. The number of benzene rings is 2. The van der Waals surface area contributed by atoms with Crippen molar-refractivity contribution in [2.24, 2.45) is 0 Å². The molecule has 0 unspecified atom stereocenters. The number of carbonyl (C=O) groups excluding carboxylic acids is 2. The van der Waals surface area contributed by atoms with Crippen molar-refractivity contribution in [1.82, 2.24) is 5.32 Å². The summed E-state index contributed by atoms with van der Waals surface area (Å²) in [5.41, 5.74) is 1.20. The second kappa shape index (κ2) is 8.52. The van der Waals surface area contributed by atoms with Gasteiger partial charge in [0.25, 0.3) is 11.8 Å². The fourth-order valence-corrected chi connectivity index (χ4v) is 2.44. The SMILES string of the molecule is CCNC(=O)COc1cccc(NC(=O)c2cccc(I)c2)c1. The summed E-state index contributed by atoms with van der Waals surface area (Å²) in [6.07, 6.45) is 0. The average Bonchev–Trinajstić information content (AvgIpc) is 2.53. The summed E-state index contributed by atoms with van der Waals surface area (Å²) in [4.78, 5) is 23.6. The van der Waals surface area contributed by atoms with Crippen molar-refractivity contribution in [3.8, 4) is 5.75 Å². The highest BCUT2D eigenvalue weighted by Crippen LogP contribution is 2.18. The summed E-state index contributed by atoms with van der Waals surface area (Å²) >= 11 is 2.16. The maximum absolute atomic E-state index is 12.2. The van der Waals surface area contributed by atoms with Crippen LogP contribution < -0.4 is 15.4 Å². The summed E-state index contributed by atoms with van der Waals surface area (Å²) in [6.45, 7) is 2.36. The zero-order chi connectivity index (χ0) is 16.7. The van der Waals surface area contributed by atoms with Crippen molar-refractivity contribution >= 4 is 40.1 Å². The van der Waals surface area contributed by atoms with Gasteiger partial charge in [0.1, 0.15) is 5.75 Å². The summed E-state index contributed by atoms with van der Waals surface area (Å²) in [7, 11) is 0. The lowest BCUT2D eigenvalue weighted by Crippen LogP contribution is -2.28. The fourth-order valence-electron chi connectivity index (χ4n) is 1.89. The Bertz CT molecular complexity index is 704. The molecule has 0 saturated heterocycles. The van der Waals surface area contributed by atoms with Crippen LogP contribution in [-0.2, 0) is 4.79 Å². The lowest BCUT2D eigenvalue weighted by molar-refractivity contribution is -0.122. The molecule has 0 radical (unpaired) electrons. The predicted octanol–water partition coefficient (Wildman–Crippen LogP) is 3.06. The van der Waals surface area contributed by atoms with Gasteiger partial charge in [0.2, 0.25) is 0 Å². The zero-order valence-corrected chi connectivity index (χ0v) is 14.8. The standard InChI is InChI=1S/C17H17IN2O3/c1-2-19-16(21)11-23-15-8-4-7-14(10-15)20-17(22)12-5-3-6-13(18)9-12/h3-10H,2,11H2,1H3,(H,19,21)(H,20,22). The molecule has 2 rings (SSSR count). The molecule has 2 amide bonds. The van der Waals surface area contributed by atoms with E-state index in [1.54, 1.807) is 30.3 Å². The van der Waals surface area contributed by atoms with Gasteiger partial charge in [-0.25, -0.2) is 0 Å². The van der Waals surface area contributed by atoms with Crippen molar-refractivity contribution in [2.75, 3.05) is 18.5 Å². The van der Waals surface area contributed by atoms with Gasteiger partial charge in [0.15, 0.2) is 6.61 Å². The molecule has 0 aliphatic carbocycles. The lowest BCUT2D eigenvalue weighted by atomic mass is 10.2. The summed E-state index contributed by atoms with van der Waals surface area (Å²) in [5.74, 6) is 0.155. The second-order valence-electron chi connectivity index (χ2n) is 4.73. The third-order valence-corrected chi connectivity index (χ3v) is 3.59. The molecule has 0 heterocycles. The molecule has 0 atom stereocenters. The molecular formula is C17H17IN2O3. The minimum absolute atomic E-state index is 0.0535. The summed E-state index contributed by atoms with van der Waals surface area (Å²) in [6, 6.07) is 14.3. The Hall–Kier alpha value is -2.09. The van der Waals surface area contributed by atoms with Gasteiger partial charge in [-0.2, -0.15) is 0 Å². The zero-order valence-electron chi connectivity index (χ0n) is 12.6. The van der Waals surface area contributed by atoms with Gasteiger partial charge in [0, 0.05) is 27.4 Å². The molecule has 5 nitrogen and oxygen atoms in total. The molecule has 0 aromatic heterocycles. The van der Waals surface area contributed by atoms with E-state index in [2.05, 4.69) is 33.2 Å². The predicted molar refractivity (Wildman–Crippen MR) is 97.7 cm³/mol. The van der Waals surface area contributed by atoms with Gasteiger partial charge < -0.3 is 15.4 Å². The van der Waals surface area contributed by atoms with E-state index < -0.39 is 0 Å². The van der Waals surface area contributed by atoms with Crippen LogP contribution in [0.3, 0.4) is 0 Å². The largest absolute Gasteiger partial charge is 0.484 e. The summed E-state index contributed by atoms with van der Waals surface area (Å²) < 4.78 is 6.40. The number of hydrogen-bond donors (Lipinski definition) is 2. The van der Waals surface area contributed by atoms with Crippen LogP contribution >= 0.6 is 22.6 Å². The quantitative estimate of drug-likeness (QED) is 0.701. The van der Waals surface area contributed by atoms with Gasteiger partial charge in [-0.15, -0.1) is 0 Å². The smallest absolute Gasteiger partial charge is 0.257 e. The van der Waals surface area contributed by atoms with Crippen LogP contribution in [-0.4, -0.2) is 25.0 Å². The highest BCUT2D eigenvalue weighted by molar-refractivity contribution is 14.1. The third kappa shape index (κ3) is 5.55. The van der Waals surface area contributed by atoms with Crippen LogP contribution in [0.2, 0.25) is 0 Å². The van der Waals surface area contributed by atoms with Crippen LogP contribution in [0.25, 0.3) is 0 Å². The van der Waals surface area contributed by atoms with E-state index in [-0.39, 0.29) is 18.4 Å². The Morgan fingerprint density at radius 2 is 1.91 bits per heavy atom. The maximum Gasteiger partial charge on any atom is 0.257 e. The molecule has 2 N–H and O–H groups in total. The van der Waals surface area contributed by atoms with E-state index in [0.717, 1.165) is 3.57 Å². The molecule has 0 aliphatic rings. The monoisotopic (exact) mass is 424 g/mol. The number of likely N-dealkylation sites (N-methyl/N-ethyl adjacent to an activating group) is 1. The van der Waals surface area contributed by atoms with Gasteiger partial charge in [0.05, 0.1) is 0 Å². The van der Waals surface area contributed by atoms with Crippen LogP contribution in [0.15, 0.2) is 48.5 Å². The van der Waals surface area contributed by atoms with E-state index in [1.165, 1.54) is 0 Å². The Balaban J connectivity index is 1.99. The van der Waals surface area contributed by atoms with Gasteiger partial charge >= 0.3 is 0 Å². The lowest BCUT2D eigenvalue weighted by Gasteiger charge is -2.09. The van der Waals surface area contributed by atoms with Gasteiger partial charge in [-0.3, -0.25) is 9.59 Å². The van der Waals surface area contributed by atoms with Crippen molar-refractivity contribution in [1.29, 1.82) is 0 Å². The van der Waals surface area contributed by atoms with Crippen molar-refractivity contribution < 1.29 is 14.3 Å². The molecule has 6 heteroatoms. The Morgan fingerprint density at radius 3 is 2.65 bits per heavy atom. The van der Waals surface area contributed by atoms with Crippen molar-refractivity contribution in [3.05, 3.63) is 57.7 Å². The second-order valence-corrected chi connectivity index (χ2v) is 5.98. The molecule has 0 bridgehead atoms. The highest BCUT2D eigenvalue weighted by atomic mass is 127.